The molecule has 0 fully saturated rings. The molecule has 0 radical (unpaired) electrons. The van der Waals surface area contributed by atoms with Crippen LogP contribution in [0.1, 0.15) is 43.9 Å². The Bertz CT molecular complexity index is 1190. The van der Waals surface area contributed by atoms with E-state index in [-0.39, 0.29) is 12.4 Å². The highest BCUT2D eigenvalue weighted by atomic mass is 16.6. The molecule has 5 nitrogen and oxygen atoms in total. The number of fused-ring (bicyclic) bond motifs is 3. The minimum absolute atomic E-state index is 0.253. The van der Waals surface area contributed by atoms with E-state index in [0.717, 1.165) is 27.8 Å². The Morgan fingerprint density at radius 1 is 0.886 bits per heavy atom. The van der Waals surface area contributed by atoms with E-state index >= 15 is 0 Å². The SMILES string of the molecule is COC(=O)/C=C/C[C@H](NC1(c2ccccc2)c2ccccc2-c2ccccc21)C(=O)OC(C)(C)C. The summed E-state index contributed by atoms with van der Waals surface area (Å²) >= 11 is 0. The second-order valence-electron chi connectivity index (χ2n) is 9.60. The molecule has 5 heteroatoms. The highest BCUT2D eigenvalue weighted by Gasteiger charge is 2.46. The number of hydrogen-bond acceptors (Lipinski definition) is 5. The predicted octanol–water partition coefficient (Wildman–Crippen LogP) is 5.38. The van der Waals surface area contributed by atoms with Gasteiger partial charge in [-0.25, -0.2) is 4.79 Å². The van der Waals surface area contributed by atoms with Gasteiger partial charge in [0.2, 0.25) is 0 Å². The molecule has 35 heavy (non-hydrogen) atoms. The number of carbonyl (C=O) groups excluding carboxylic acids is 2. The van der Waals surface area contributed by atoms with Gasteiger partial charge in [-0.2, -0.15) is 0 Å². The second-order valence-corrected chi connectivity index (χ2v) is 9.60. The minimum Gasteiger partial charge on any atom is -0.466 e. The predicted molar refractivity (Wildman–Crippen MR) is 137 cm³/mol. The Morgan fingerprint density at radius 2 is 1.43 bits per heavy atom. The van der Waals surface area contributed by atoms with Crippen molar-refractivity contribution in [1.82, 2.24) is 5.32 Å². The average molecular weight is 470 g/mol. The maximum absolute atomic E-state index is 13.5. The normalized spacial score (nSPS) is 14.7. The first-order chi connectivity index (χ1) is 16.8. The van der Waals surface area contributed by atoms with Crippen LogP contribution < -0.4 is 5.32 Å². The van der Waals surface area contributed by atoms with Crippen molar-refractivity contribution in [3.8, 4) is 11.1 Å². The van der Waals surface area contributed by atoms with Crippen molar-refractivity contribution in [3.63, 3.8) is 0 Å². The molecule has 1 N–H and O–H groups in total. The first-order valence-corrected chi connectivity index (χ1v) is 11.8. The summed E-state index contributed by atoms with van der Waals surface area (Å²) in [5, 5.41) is 3.69. The standard InChI is InChI=1S/C30H31NO4/c1-29(2,3)35-28(33)26(19-12-20-27(32)34-4)31-30(21-13-6-5-7-14-21)24-17-10-8-15-22(24)23-16-9-11-18-25(23)30/h5-18,20,26,31H,19H2,1-4H3/b20-12+/t26-/m0/s1. The molecule has 0 aromatic heterocycles. The van der Waals surface area contributed by atoms with Gasteiger partial charge in [-0.05, 0) is 55.0 Å². The summed E-state index contributed by atoms with van der Waals surface area (Å²) in [6, 6.07) is 25.9. The van der Waals surface area contributed by atoms with Gasteiger partial charge in [-0.1, -0.05) is 84.9 Å². The van der Waals surface area contributed by atoms with Crippen molar-refractivity contribution in [2.75, 3.05) is 7.11 Å². The summed E-state index contributed by atoms with van der Waals surface area (Å²) < 4.78 is 10.5. The van der Waals surface area contributed by atoms with E-state index in [0.29, 0.717) is 0 Å². The maximum Gasteiger partial charge on any atom is 0.330 e. The fraction of sp³-hybridized carbons (Fsp3) is 0.267. The van der Waals surface area contributed by atoms with Crippen LogP contribution in [0.4, 0.5) is 0 Å². The summed E-state index contributed by atoms with van der Waals surface area (Å²) in [5.74, 6) is -0.855. The van der Waals surface area contributed by atoms with Gasteiger partial charge in [0.25, 0.3) is 0 Å². The molecule has 1 aliphatic rings. The highest BCUT2D eigenvalue weighted by Crippen LogP contribution is 2.51. The van der Waals surface area contributed by atoms with Gasteiger partial charge in [-0.15, -0.1) is 0 Å². The third kappa shape index (κ3) is 4.91. The molecule has 0 aliphatic heterocycles. The zero-order valence-corrected chi connectivity index (χ0v) is 20.6. The summed E-state index contributed by atoms with van der Waals surface area (Å²) in [6.45, 7) is 5.54. The van der Waals surface area contributed by atoms with E-state index in [1.807, 2.05) is 63.2 Å². The van der Waals surface area contributed by atoms with Crippen LogP contribution >= 0.6 is 0 Å². The van der Waals surface area contributed by atoms with Crippen LogP contribution in [0, 0.1) is 0 Å². The topological polar surface area (TPSA) is 64.6 Å². The van der Waals surface area contributed by atoms with Crippen molar-refractivity contribution < 1.29 is 19.1 Å². The Labute approximate surface area is 206 Å². The summed E-state index contributed by atoms with van der Waals surface area (Å²) in [5.41, 5.74) is 3.95. The third-order valence-electron chi connectivity index (χ3n) is 6.07. The number of ether oxygens (including phenoxy) is 2. The molecule has 0 spiro atoms. The lowest BCUT2D eigenvalue weighted by molar-refractivity contribution is -0.157. The van der Waals surface area contributed by atoms with Crippen LogP contribution in [0.2, 0.25) is 0 Å². The summed E-state index contributed by atoms with van der Waals surface area (Å²) in [6.07, 6.45) is 3.24. The monoisotopic (exact) mass is 469 g/mol. The number of carbonyl (C=O) groups is 2. The van der Waals surface area contributed by atoms with Crippen LogP contribution in [0.15, 0.2) is 91.0 Å². The smallest absolute Gasteiger partial charge is 0.330 e. The first kappa shape index (κ1) is 24.4. The summed E-state index contributed by atoms with van der Waals surface area (Å²) in [7, 11) is 1.33. The minimum atomic E-state index is -0.783. The Hall–Kier alpha value is -3.70. The molecule has 0 unspecified atom stereocenters. The van der Waals surface area contributed by atoms with Gasteiger partial charge in [0, 0.05) is 6.08 Å². The molecular formula is C30H31NO4. The molecule has 1 atom stereocenters. The van der Waals surface area contributed by atoms with Gasteiger partial charge in [0.1, 0.15) is 11.6 Å². The molecule has 0 bridgehead atoms. The van der Waals surface area contributed by atoms with Crippen LogP contribution in [-0.4, -0.2) is 30.7 Å². The third-order valence-corrected chi connectivity index (χ3v) is 6.07. The Balaban J connectivity index is 1.87. The molecule has 4 rings (SSSR count). The molecule has 0 saturated carbocycles. The molecule has 1 aliphatic carbocycles. The van der Waals surface area contributed by atoms with Crippen LogP contribution in [-0.2, 0) is 24.6 Å². The van der Waals surface area contributed by atoms with E-state index in [2.05, 4.69) is 41.7 Å². The molecule has 3 aromatic rings. The maximum atomic E-state index is 13.5. The van der Waals surface area contributed by atoms with Crippen molar-refractivity contribution >= 4 is 11.9 Å². The van der Waals surface area contributed by atoms with E-state index in [9.17, 15) is 9.59 Å². The Morgan fingerprint density at radius 3 is 1.97 bits per heavy atom. The first-order valence-electron chi connectivity index (χ1n) is 11.8. The van der Waals surface area contributed by atoms with Crippen LogP contribution in [0.5, 0.6) is 0 Å². The van der Waals surface area contributed by atoms with Gasteiger partial charge in [0.15, 0.2) is 0 Å². The lowest BCUT2D eigenvalue weighted by atomic mass is 9.79. The van der Waals surface area contributed by atoms with Gasteiger partial charge in [0.05, 0.1) is 12.6 Å². The molecule has 0 saturated heterocycles. The van der Waals surface area contributed by atoms with E-state index < -0.39 is 23.2 Å². The average Bonchev–Trinajstić information content (AvgIpc) is 3.13. The number of rotatable bonds is 7. The van der Waals surface area contributed by atoms with Gasteiger partial charge >= 0.3 is 11.9 Å². The lowest BCUT2D eigenvalue weighted by Crippen LogP contribution is -2.52. The van der Waals surface area contributed by atoms with Gasteiger partial charge < -0.3 is 9.47 Å². The van der Waals surface area contributed by atoms with Crippen LogP contribution in [0.3, 0.4) is 0 Å². The number of hydrogen-bond donors (Lipinski definition) is 1. The second kappa shape index (κ2) is 9.88. The summed E-state index contributed by atoms with van der Waals surface area (Å²) in [4.78, 5) is 25.2. The fourth-order valence-electron chi connectivity index (χ4n) is 4.69. The van der Waals surface area contributed by atoms with E-state index in [4.69, 9.17) is 9.47 Å². The molecule has 3 aromatic carbocycles. The molecule has 0 heterocycles. The number of methoxy groups -OCH3 is 1. The zero-order valence-electron chi connectivity index (χ0n) is 20.6. The highest BCUT2D eigenvalue weighted by molar-refractivity contribution is 5.85. The largest absolute Gasteiger partial charge is 0.466 e. The molecule has 0 amide bonds. The van der Waals surface area contributed by atoms with Crippen molar-refractivity contribution in [2.24, 2.45) is 0 Å². The number of benzene rings is 3. The Kier molecular flexibility index (Phi) is 6.90. The number of nitrogens with one attached hydrogen (secondary N) is 1. The van der Waals surface area contributed by atoms with E-state index in [1.165, 1.54) is 13.2 Å². The molecule has 180 valence electrons. The van der Waals surface area contributed by atoms with Crippen LogP contribution in [0.25, 0.3) is 11.1 Å². The molecular weight excluding hydrogens is 438 g/mol. The lowest BCUT2D eigenvalue weighted by Gasteiger charge is -2.37. The van der Waals surface area contributed by atoms with Crippen molar-refractivity contribution in [3.05, 3.63) is 108 Å². The fourth-order valence-corrected chi connectivity index (χ4v) is 4.69. The van der Waals surface area contributed by atoms with Gasteiger partial charge in [-0.3, -0.25) is 10.1 Å². The zero-order chi connectivity index (χ0) is 25.1. The quantitative estimate of drug-likeness (QED) is 0.372. The van der Waals surface area contributed by atoms with E-state index in [1.54, 1.807) is 6.08 Å². The number of esters is 2. The van der Waals surface area contributed by atoms with Crippen molar-refractivity contribution in [1.29, 1.82) is 0 Å². The van der Waals surface area contributed by atoms with Crippen molar-refractivity contribution in [2.45, 2.75) is 44.4 Å².